The molecule has 0 aromatic heterocycles. The van der Waals surface area contributed by atoms with Crippen LogP contribution in [0, 0.1) is 0 Å². The van der Waals surface area contributed by atoms with E-state index in [2.05, 4.69) is 231 Å². The maximum Gasteiger partial charge on any atom is 0.0719 e. The molecule has 0 unspecified atom stereocenters. The highest BCUT2D eigenvalue weighted by Crippen LogP contribution is 2.62. The Hall–Kier alpha value is -6.96. The van der Waals surface area contributed by atoms with Gasteiger partial charge in [-0.3, -0.25) is 0 Å². The van der Waals surface area contributed by atoms with E-state index >= 15 is 0 Å². The second-order valence-corrected chi connectivity index (χ2v) is 16.1. The van der Waals surface area contributed by atoms with Crippen LogP contribution in [0.25, 0.3) is 44.2 Å². The Morgan fingerprint density at radius 1 is 0.333 bits per heavy atom. The first kappa shape index (κ1) is 33.4. The van der Waals surface area contributed by atoms with Crippen molar-refractivity contribution in [1.29, 1.82) is 0 Å². The monoisotopic (exact) mass is 727 g/mol. The number of para-hydroxylation sites is 1. The van der Waals surface area contributed by atoms with Gasteiger partial charge in [0.1, 0.15) is 0 Å². The molecule has 0 aliphatic heterocycles. The Kier molecular flexibility index (Phi) is 7.50. The third-order valence-electron chi connectivity index (χ3n) is 12.7. The lowest BCUT2D eigenvalue weighted by Gasteiger charge is -2.46. The largest absolute Gasteiger partial charge is 0.310 e. The minimum absolute atomic E-state index is 0.125. The van der Waals surface area contributed by atoms with Crippen LogP contribution in [0.5, 0.6) is 0 Å². The summed E-state index contributed by atoms with van der Waals surface area (Å²) in [5, 5.41) is 2.45. The molecule has 0 fully saturated rings. The van der Waals surface area contributed by atoms with Gasteiger partial charge in [0.05, 0.1) is 11.1 Å². The number of hydrogen-bond acceptors (Lipinski definition) is 1. The summed E-state index contributed by atoms with van der Waals surface area (Å²) in [5.74, 6) is 0. The normalized spacial score (nSPS) is 14.1. The maximum atomic E-state index is 2.49. The Morgan fingerprint density at radius 2 is 0.842 bits per heavy atom. The number of benzene rings is 9. The molecule has 9 aromatic rings. The first-order valence-electron chi connectivity index (χ1n) is 20.0. The molecule has 0 atom stereocenters. The van der Waals surface area contributed by atoms with Crippen LogP contribution in [0.3, 0.4) is 0 Å². The zero-order valence-electron chi connectivity index (χ0n) is 32.2. The Morgan fingerprint density at radius 3 is 1.58 bits per heavy atom. The van der Waals surface area contributed by atoms with Crippen molar-refractivity contribution in [2.75, 3.05) is 4.90 Å². The highest BCUT2D eigenvalue weighted by molar-refractivity contribution is 5.99. The van der Waals surface area contributed by atoms with E-state index in [4.69, 9.17) is 0 Å². The topological polar surface area (TPSA) is 3.24 Å². The molecule has 2 aliphatic rings. The summed E-state index contributed by atoms with van der Waals surface area (Å²) >= 11 is 0. The number of hydrogen-bond donors (Lipinski definition) is 0. The van der Waals surface area contributed by atoms with Gasteiger partial charge in [-0.15, -0.1) is 0 Å². The smallest absolute Gasteiger partial charge is 0.0719 e. The van der Waals surface area contributed by atoms with Gasteiger partial charge in [0.15, 0.2) is 0 Å². The Bertz CT molecular complexity index is 2950. The average molecular weight is 728 g/mol. The SMILES string of the molecule is CC1(C)c2ccccc2C2(c3ccccc3-c3ccc(-c4cccc(-c5cccc(N(c6ccccc6)c6cccc7ccccc67)c5)c4)cc32)c2ccccc21. The fourth-order valence-corrected chi connectivity index (χ4v) is 10.2. The fourth-order valence-electron chi connectivity index (χ4n) is 10.2. The number of fused-ring (bicyclic) bond motifs is 10. The summed E-state index contributed by atoms with van der Waals surface area (Å²) < 4.78 is 0. The van der Waals surface area contributed by atoms with Crippen molar-refractivity contribution in [2.24, 2.45) is 0 Å². The predicted molar refractivity (Wildman–Crippen MR) is 239 cm³/mol. The molecule has 0 heterocycles. The lowest BCUT2D eigenvalue weighted by atomic mass is 9.55. The highest BCUT2D eigenvalue weighted by Gasteiger charge is 2.53. The van der Waals surface area contributed by atoms with E-state index in [1.54, 1.807) is 0 Å². The van der Waals surface area contributed by atoms with Crippen LogP contribution in [-0.2, 0) is 10.8 Å². The molecule has 0 saturated carbocycles. The fraction of sp³-hybridized carbons (Fsp3) is 0.0714. The summed E-state index contributed by atoms with van der Waals surface area (Å²) in [7, 11) is 0. The van der Waals surface area contributed by atoms with Crippen LogP contribution in [0.2, 0.25) is 0 Å². The van der Waals surface area contributed by atoms with E-state index in [1.807, 2.05) is 0 Å². The molecular formula is C56H41N. The molecule has 270 valence electrons. The van der Waals surface area contributed by atoms with E-state index in [0.717, 1.165) is 17.1 Å². The van der Waals surface area contributed by atoms with Crippen molar-refractivity contribution in [2.45, 2.75) is 24.7 Å². The molecule has 2 aliphatic carbocycles. The summed E-state index contributed by atoms with van der Waals surface area (Å²) in [6.07, 6.45) is 0. The zero-order chi connectivity index (χ0) is 38.1. The maximum absolute atomic E-state index is 2.49. The molecule has 11 rings (SSSR count). The van der Waals surface area contributed by atoms with Crippen LogP contribution < -0.4 is 4.90 Å². The molecule has 1 nitrogen and oxygen atoms in total. The van der Waals surface area contributed by atoms with Crippen LogP contribution in [0.1, 0.15) is 47.2 Å². The summed E-state index contributed by atoms with van der Waals surface area (Å²) in [6.45, 7) is 4.77. The van der Waals surface area contributed by atoms with Gasteiger partial charge >= 0.3 is 0 Å². The van der Waals surface area contributed by atoms with Gasteiger partial charge in [-0.1, -0.05) is 184 Å². The highest BCUT2D eigenvalue weighted by atomic mass is 15.1. The van der Waals surface area contributed by atoms with E-state index < -0.39 is 5.41 Å². The van der Waals surface area contributed by atoms with Gasteiger partial charge in [-0.25, -0.2) is 0 Å². The molecule has 1 heteroatoms. The quantitative estimate of drug-likeness (QED) is 0.171. The molecule has 9 aromatic carbocycles. The summed E-state index contributed by atoms with van der Waals surface area (Å²) in [6, 6.07) is 78.6. The Labute approximate surface area is 335 Å². The van der Waals surface area contributed by atoms with E-state index in [1.165, 1.54) is 77.5 Å². The van der Waals surface area contributed by atoms with Gasteiger partial charge in [0.25, 0.3) is 0 Å². The van der Waals surface area contributed by atoms with E-state index in [-0.39, 0.29) is 5.41 Å². The van der Waals surface area contributed by atoms with Crippen molar-refractivity contribution in [1.82, 2.24) is 0 Å². The second-order valence-electron chi connectivity index (χ2n) is 16.1. The predicted octanol–water partition coefficient (Wildman–Crippen LogP) is 14.6. The Balaban J connectivity index is 1.06. The van der Waals surface area contributed by atoms with Crippen LogP contribution >= 0.6 is 0 Å². The first-order chi connectivity index (χ1) is 28.0. The lowest BCUT2D eigenvalue weighted by molar-refractivity contribution is 0.563. The zero-order valence-corrected chi connectivity index (χ0v) is 32.2. The van der Waals surface area contributed by atoms with Gasteiger partial charge < -0.3 is 4.90 Å². The molecular weight excluding hydrogens is 687 g/mol. The summed E-state index contributed by atoms with van der Waals surface area (Å²) in [5.41, 5.74) is 18.6. The first-order valence-corrected chi connectivity index (χ1v) is 20.0. The van der Waals surface area contributed by atoms with Crippen molar-refractivity contribution in [3.63, 3.8) is 0 Å². The minimum Gasteiger partial charge on any atom is -0.310 e. The van der Waals surface area contributed by atoms with Crippen molar-refractivity contribution < 1.29 is 0 Å². The van der Waals surface area contributed by atoms with Crippen molar-refractivity contribution in [3.05, 3.63) is 246 Å². The molecule has 0 bridgehead atoms. The molecule has 0 radical (unpaired) electrons. The standard InChI is InChI=1S/C56H41N/c1-55(2)49-28-10-12-30-51(49)56(52-31-13-11-29-50(52)55)48-27-9-8-26-46(48)47-34-33-42(37-53(47)56)40-20-14-19-39(35-40)41-21-15-24-44(36-41)57(43-22-4-3-5-23-43)54-32-16-18-38-17-6-7-25-45(38)54/h3-37H,1-2H3. The van der Waals surface area contributed by atoms with Crippen LogP contribution in [0.4, 0.5) is 17.1 Å². The van der Waals surface area contributed by atoms with E-state index in [9.17, 15) is 0 Å². The number of rotatable bonds is 5. The summed E-state index contributed by atoms with van der Waals surface area (Å²) in [4.78, 5) is 2.38. The lowest BCUT2D eigenvalue weighted by Crippen LogP contribution is -2.40. The van der Waals surface area contributed by atoms with Crippen LogP contribution in [0.15, 0.2) is 212 Å². The van der Waals surface area contributed by atoms with Gasteiger partial charge in [0, 0.05) is 22.2 Å². The average Bonchev–Trinajstić information content (AvgIpc) is 3.57. The van der Waals surface area contributed by atoms with Crippen LogP contribution in [-0.4, -0.2) is 0 Å². The molecule has 0 N–H and O–H groups in total. The second kappa shape index (κ2) is 12.8. The molecule has 57 heavy (non-hydrogen) atoms. The number of nitrogens with zero attached hydrogens (tertiary/aromatic N) is 1. The minimum atomic E-state index is -0.418. The molecule has 0 amide bonds. The third-order valence-corrected chi connectivity index (χ3v) is 12.7. The third kappa shape index (κ3) is 4.95. The van der Waals surface area contributed by atoms with Gasteiger partial charge in [-0.2, -0.15) is 0 Å². The number of anilines is 3. The van der Waals surface area contributed by atoms with Crippen molar-refractivity contribution in [3.8, 4) is 33.4 Å². The molecule has 0 saturated heterocycles. The van der Waals surface area contributed by atoms with Crippen molar-refractivity contribution >= 4 is 27.8 Å². The van der Waals surface area contributed by atoms with Gasteiger partial charge in [0.2, 0.25) is 0 Å². The van der Waals surface area contributed by atoms with E-state index in [0.29, 0.717) is 0 Å². The molecule has 1 spiro atoms. The van der Waals surface area contributed by atoms with Gasteiger partial charge in [-0.05, 0) is 115 Å².